The standard InChI is InChI=1S/C2H5NO.C2H4O3S/c1-2(3)4;1-2-6(3,4)5/h1H3,(H2,3,4);2H,1H2,(H,3,4,5). The number of primary amides is 1. The molecule has 0 fully saturated rings. The van der Waals surface area contributed by atoms with Gasteiger partial charge in [0.05, 0.1) is 5.41 Å². The zero-order valence-corrected chi connectivity index (χ0v) is 6.26. The van der Waals surface area contributed by atoms with Crippen LogP contribution >= 0.6 is 0 Å². The molecule has 0 atom stereocenters. The summed E-state index contributed by atoms with van der Waals surface area (Å²) < 4.78 is 26.6. The zero-order valence-electron chi connectivity index (χ0n) is 5.44. The van der Waals surface area contributed by atoms with Crippen molar-refractivity contribution in [3.8, 4) is 0 Å². The average Bonchev–Trinajstić information content (AvgIpc) is 1.63. The van der Waals surface area contributed by atoms with Crippen LogP contribution in [0, 0.1) is 0 Å². The normalized spacial score (nSPS) is 9.00. The average molecular weight is 167 g/mol. The van der Waals surface area contributed by atoms with Gasteiger partial charge in [0.25, 0.3) is 10.1 Å². The summed E-state index contributed by atoms with van der Waals surface area (Å²) >= 11 is 0. The molecule has 1 amide bonds. The molecule has 0 saturated heterocycles. The molecule has 3 N–H and O–H groups in total. The maximum Gasteiger partial charge on any atom is 0.287 e. The molecule has 0 radical (unpaired) electrons. The molecule has 0 rings (SSSR count). The molecule has 0 aliphatic carbocycles. The third kappa shape index (κ3) is 59.3. The molecule has 0 heterocycles. The number of amides is 1. The van der Waals surface area contributed by atoms with Crippen molar-refractivity contribution in [1.82, 2.24) is 0 Å². The predicted molar refractivity (Wildman–Crippen MR) is 36.6 cm³/mol. The van der Waals surface area contributed by atoms with E-state index >= 15 is 0 Å². The van der Waals surface area contributed by atoms with Gasteiger partial charge in [-0.05, 0) is 0 Å². The lowest BCUT2D eigenvalue weighted by atomic mass is 10.8. The number of carbonyl (C=O) groups is 1. The molecule has 0 aromatic rings. The summed E-state index contributed by atoms with van der Waals surface area (Å²) in [6.07, 6.45) is 0. The Balaban J connectivity index is 0. The lowest BCUT2D eigenvalue weighted by molar-refractivity contribution is -0.115. The Morgan fingerprint density at radius 3 is 1.80 bits per heavy atom. The van der Waals surface area contributed by atoms with Gasteiger partial charge in [-0.15, -0.1) is 0 Å². The van der Waals surface area contributed by atoms with Crippen LogP contribution in [0.25, 0.3) is 0 Å². The van der Waals surface area contributed by atoms with Gasteiger partial charge in [0.1, 0.15) is 0 Å². The molecule has 0 spiro atoms. The molecular weight excluding hydrogens is 158 g/mol. The lowest BCUT2D eigenvalue weighted by Crippen LogP contribution is -2.01. The van der Waals surface area contributed by atoms with E-state index in [9.17, 15) is 13.2 Å². The molecule has 0 unspecified atom stereocenters. The van der Waals surface area contributed by atoms with Crippen LogP contribution in [-0.4, -0.2) is 18.9 Å². The van der Waals surface area contributed by atoms with Crippen molar-refractivity contribution < 1.29 is 17.8 Å². The van der Waals surface area contributed by atoms with Gasteiger partial charge >= 0.3 is 0 Å². The monoisotopic (exact) mass is 167 g/mol. The molecule has 0 aromatic heterocycles. The van der Waals surface area contributed by atoms with Crippen molar-refractivity contribution in [2.45, 2.75) is 6.92 Å². The first-order valence-corrected chi connectivity index (χ1v) is 3.66. The Bertz CT molecular complexity index is 190. The van der Waals surface area contributed by atoms with Gasteiger partial charge in [-0.3, -0.25) is 9.35 Å². The fraction of sp³-hybridized carbons (Fsp3) is 0.250. The van der Waals surface area contributed by atoms with Crippen molar-refractivity contribution in [1.29, 1.82) is 0 Å². The molecule has 60 valence electrons. The highest BCUT2D eigenvalue weighted by molar-refractivity contribution is 7.88. The predicted octanol–water partition coefficient (Wildman–Crippen LogP) is -0.491. The van der Waals surface area contributed by atoms with E-state index in [4.69, 9.17) is 4.55 Å². The van der Waals surface area contributed by atoms with Crippen LogP contribution in [0.5, 0.6) is 0 Å². The van der Waals surface area contributed by atoms with Gasteiger partial charge in [0.15, 0.2) is 0 Å². The number of hydrogen-bond donors (Lipinski definition) is 2. The lowest BCUT2D eigenvalue weighted by Gasteiger charge is -1.73. The van der Waals surface area contributed by atoms with Crippen LogP contribution in [0.15, 0.2) is 12.0 Å². The van der Waals surface area contributed by atoms with E-state index < -0.39 is 10.1 Å². The van der Waals surface area contributed by atoms with Crippen LogP contribution in [0.3, 0.4) is 0 Å². The van der Waals surface area contributed by atoms with Crippen molar-refractivity contribution in [3.63, 3.8) is 0 Å². The Morgan fingerprint density at radius 2 is 1.80 bits per heavy atom. The van der Waals surface area contributed by atoms with E-state index in [0.717, 1.165) is 0 Å². The van der Waals surface area contributed by atoms with Crippen molar-refractivity contribution >= 4 is 16.0 Å². The van der Waals surface area contributed by atoms with Crippen molar-refractivity contribution in [2.75, 3.05) is 0 Å². The Labute approximate surface area is 59.3 Å². The van der Waals surface area contributed by atoms with E-state index in [2.05, 4.69) is 12.3 Å². The fourth-order valence-corrected chi connectivity index (χ4v) is 0. The summed E-state index contributed by atoms with van der Waals surface area (Å²) in [5.74, 6) is -0.333. The fourth-order valence-electron chi connectivity index (χ4n) is 0. The number of carbonyl (C=O) groups excluding carboxylic acids is 1. The number of nitrogens with two attached hydrogens (primary N) is 1. The maximum absolute atomic E-state index is 9.44. The number of rotatable bonds is 1. The SMILES string of the molecule is C=CS(=O)(=O)O.CC(N)=O. The highest BCUT2D eigenvalue weighted by atomic mass is 32.2. The Hall–Kier alpha value is -0.880. The van der Waals surface area contributed by atoms with Crippen LogP contribution in [0.1, 0.15) is 6.92 Å². The Morgan fingerprint density at radius 1 is 1.70 bits per heavy atom. The third-order valence-electron chi connectivity index (χ3n) is 0.211. The van der Waals surface area contributed by atoms with Gasteiger partial charge < -0.3 is 5.73 Å². The largest absolute Gasteiger partial charge is 0.370 e. The highest BCUT2D eigenvalue weighted by Gasteiger charge is 1.87. The highest BCUT2D eigenvalue weighted by Crippen LogP contribution is 1.75. The van der Waals surface area contributed by atoms with Crippen molar-refractivity contribution in [3.05, 3.63) is 12.0 Å². The second-order valence-electron chi connectivity index (χ2n) is 1.29. The summed E-state index contributed by atoms with van der Waals surface area (Å²) in [4.78, 5) is 9.22. The first kappa shape index (κ1) is 11.9. The van der Waals surface area contributed by atoms with E-state index in [1.807, 2.05) is 0 Å². The molecule has 0 saturated carbocycles. The summed E-state index contributed by atoms with van der Waals surface area (Å²) in [7, 11) is -3.90. The topological polar surface area (TPSA) is 97.5 Å². The van der Waals surface area contributed by atoms with Gasteiger partial charge in [-0.2, -0.15) is 8.42 Å². The van der Waals surface area contributed by atoms with E-state index in [1.54, 1.807) is 0 Å². The second-order valence-corrected chi connectivity index (χ2v) is 2.66. The molecule has 6 heteroatoms. The minimum Gasteiger partial charge on any atom is -0.370 e. The second kappa shape index (κ2) is 4.95. The third-order valence-corrected chi connectivity index (χ3v) is 0.632. The van der Waals surface area contributed by atoms with Crippen LogP contribution in [0.2, 0.25) is 0 Å². The zero-order chi connectivity index (χ0) is 8.78. The summed E-state index contributed by atoms with van der Waals surface area (Å²) in [5, 5.41) is 0.465. The van der Waals surface area contributed by atoms with Gasteiger partial charge in [-0.25, -0.2) is 0 Å². The summed E-state index contributed by atoms with van der Waals surface area (Å²) in [5.41, 5.74) is 4.47. The van der Waals surface area contributed by atoms with Gasteiger partial charge in [0.2, 0.25) is 5.91 Å². The molecule has 0 aromatic carbocycles. The molecule has 10 heavy (non-hydrogen) atoms. The smallest absolute Gasteiger partial charge is 0.287 e. The molecule has 0 bridgehead atoms. The van der Waals surface area contributed by atoms with Crippen LogP contribution in [-0.2, 0) is 14.9 Å². The number of hydrogen-bond acceptors (Lipinski definition) is 3. The van der Waals surface area contributed by atoms with E-state index in [-0.39, 0.29) is 5.91 Å². The Kier molecular flexibility index (Phi) is 5.87. The molecule has 0 aliphatic rings. The van der Waals surface area contributed by atoms with Crippen molar-refractivity contribution in [2.24, 2.45) is 5.73 Å². The quantitative estimate of drug-likeness (QED) is 0.515. The molecular formula is C4H9NO4S. The maximum atomic E-state index is 9.44. The van der Waals surface area contributed by atoms with Gasteiger partial charge in [-0.1, -0.05) is 6.58 Å². The molecule has 0 aliphatic heterocycles. The van der Waals surface area contributed by atoms with E-state index in [0.29, 0.717) is 5.41 Å². The van der Waals surface area contributed by atoms with Crippen LogP contribution < -0.4 is 5.73 Å². The van der Waals surface area contributed by atoms with Crippen LogP contribution in [0.4, 0.5) is 0 Å². The minimum atomic E-state index is -3.90. The first-order valence-electron chi connectivity index (χ1n) is 2.15. The summed E-state index contributed by atoms with van der Waals surface area (Å²) in [6, 6.07) is 0. The molecule has 5 nitrogen and oxygen atoms in total. The van der Waals surface area contributed by atoms with Gasteiger partial charge in [0, 0.05) is 6.92 Å². The minimum absolute atomic E-state index is 0.333. The summed E-state index contributed by atoms with van der Waals surface area (Å²) in [6.45, 7) is 4.10. The van der Waals surface area contributed by atoms with E-state index in [1.165, 1.54) is 6.92 Å². The first-order chi connectivity index (χ1) is 4.29.